The monoisotopic (exact) mass is 226 g/mol. The molecule has 84 valence electrons. The highest BCUT2D eigenvalue weighted by atomic mass is 16.2. The molecule has 2 N–H and O–H groups in total. The third-order valence-electron chi connectivity index (χ3n) is 2.30. The number of anilines is 1. The van der Waals surface area contributed by atoms with Crippen LogP contribution in [0.4, 0.5) is 5.69 Å². The van der Waals surface area contributed by atoms with Crippen molar-refractivity contribution >= 4 is 17.3 Å². The van der Waals surface area contributed by atoms with Crippen molar-refractivity contribution in [1.82, 2.24) is 4.98 Å². The second-order valence-electron chi connectivity index (χ2n) is 3.52. The maximum absolute atomic E-state index is 11.8. The summed E-state index contributed by atoms with van der Waals surface area (Å²) in [5.41, 5.74) is 6.67. The van der Waals surface area contributed by atoms with Crippen LogP contribution in [-0.2, 0) is 0 Å². The Morgan fingerprint density at radius 3 is 2.18 bits per heavy atom. The van der Waals surface area contributed by atoms with E-state index in [2.05, 4.69) is 4.98 Å². The van der Waals surface area contributed by atoms with Crippen molar-refractivity contribution in [2.24, 2.45) is 0 Å². The zero-order chi connectivity index (χ0) is 12.3. The molecule has 2 rings (SSSR count). The largest absolute Gasteiger partial charge is 0.399 e. The van der Waals surface area contributed by atoms with Gasteiger partial charge >= 0.3 is 0 Å². The van der Waals surface area contributed by atoms with Gasteiger partial charge in [0.05, 0.1) is 0 Å². The molecule has 1 aromatic heterocycles. The van der Waals surface area contributed by atoms with Crippen molar-refractivity contribution in [2.75, 3.05) is 5.73 Å². The summed E-state index contributed by atoms with van der Waals surface area (Å²) in [5.74, 6) is -1.12. The highest BCUT2D eigenvalue weighted by Crippen LogP contribution is 2.09. The molecule has 2 aromatic rings. The van der Waals surface area contributed by atoms with Crippen LogP contribution >= 0.6 is 0 Å². The molecular formula is C13H10N2O2. The Balaban J connectivity index is 2.27. The number of nitrogen functional groups attached to an aromatic ring is 1. The number of hydrogen-bond acceptors (Lipinski definition) is 4. The summed E-state index contributed by atoms with van der Waals surface area (Å²) < 4.78 is 0. The van der Waals surface area contributed by atoms with Crippen LogP contribution in [0.3, 0.4) is 0 Å². The molecule has 1 aromatic carbocycles. The molecule has 17 heavy (non-hydrogen) atoms. The van der Waals surface area contributed by atoms with E-state index in [1.807, 2.05) is 0 Å². The third kappa shape index (κ3) is 2.36. The Labute approximate surface area is 98.1 Å². The van der Waals surface area contributed by atoms with Crippen molar-refractivity contribution < 1.29 is 9.59 Å². The quantitative estimate of drug-likeness (QED) is 0.491. The van der Waals surface area contributed by atoms with E-state index in [4.69, 9.17) is 5.73 Å². The van der Waals surface area contributed by atoms with Gasteiger partial charge in [-0.3, -0.25) is 14.6 Å². The second kappa shape index (κ2) is 4.57. The summed E-state index contributed by atoms with van der Waals surface area (Å²) in [6.07, 6.45) is 2.92. The van der Waals surface area contributed by atoms with Gasteiger partial charge in [-0.2, -0.15) is 0 Å². The number of Topliss-reactive ketones (excluding diaryl/α,β-unsaturated/α-hetero) is 2. The molecule has 0 amide bonds. The minimum absolute atomic E-state index is 0.286. The number of nitrogens with two attached hydrogens (primary N) is 1. The number of carbonyl (C=O) groups is 2. The predicted molar refractivity (Wildman–Crippen MR) is 63.8 cm³/mol. The molecule has 0 spiro atoms. The van der Waals surface area contributed by atoms with Crippen LogP contribution in [0.2, 0.25) is 0 Å². The number of nitrogens with zero attached hydrogens (tertiary/aromatic N) is 1. The fourth-order valence-electron chi connectivity index (χ4n) is 1.39. The third-order valence-corrected chi connectivity index (χ3v) is 2.30. The maximum atomic E-state index is 11.8. The molecule has 0 fully saturated rings. The Morgan fingerprint density at radius 1 is 0.941 bits per heavy atom. The first-order chi connectivity index (χ1) is 8.18. The van der Waals surface area contributed by atoms with Crippen LogP contribution in [0.15, 0.2) is 48.8 Å². The van der Waals surface area contributed by atoms with Crippen LogP contribution in [0, 0.1) is 0 Å². The zero-order valence-corrected chi connectivity index (χ0v) is 8.96. The first-order valence-electron chi connectivity index (χ1n) is 5.03. The van der Waals surface area contributed by atoms with Gasteiger partial charge in [-0.1, -0.05) is 0 Å². The van der Waals surface area contributed by atoms with Crippen LogP contribution < -0.4 is 5.73 Å². The molecule has 0 atom stereocenters. The van der Waals surface area contributed by atoms with E-state index in [1.165, 1.54) is 18.3 Å². The van der Waals surface area contributed by atoms with Crippen molar-refractivity contribution in [2.45, 2.75) is 0 Å². The summed E-state index contributed by atoms with van der Waals surface area (Å²) in [6, 6.07) is 9.42. The lowest BCUT2D eigenvalue weighted by atomic mass is 10.0. The van der Waals surface area contributed by atoms with Crippen LogP contribution in [0.5, 0.6) is 0 Å². The fourth-order valence-corrected chi connectivity index (χ4v) is 1.39. The Kier molecular flexibility index (Phi) is 2.96. The first kappa shape index (κ1) is 11.0. The lowest BCUT2D eigenvalue weighted by Crippen LogP contribution is -2.14. The maximum Gasteiger partial charge on any atom is 0.235 e. The summed E-state index contributed by atoms with van der Waals surface area (Å²) in [5, 5.41) is 0. The molecule has 0 unspecified atom stereocenters. The van der Waals surface area contributed by atoms with E-state index < -0.39 is 11.6 Å². The lowest BCUT2D eigenvalue weighted by Gasteiger charge is -2.00. The van der Waals surface area contributed by atoms with E-state index in [9.17, 15) is 9.59 Å². The number of benzene rings is 1. The molecule has 4 nitrogen and oxygen atoms in total. The van der Waals surface area contributed by atoms with Gasteiger partial charge in [0.2, 0.25) is 11.6 Å². The fraction of sp³-hybridized carbons (Fsp3) is 0. The van der Waals surface area contributed by atoms with E-state index >= 15 is 0 Å². The second-order valence-corrected chi connectivity index (χ2v) is 3.52. The van der Waals surface area contributed by atoms with Crippen LogP contribution in [0.25, 0.3) is 0 Å². The van der Waals surface area contributed by atoms with Gasteiger partial charge in [-0.25, -0.2) is 0 Å². The van der Waals surface area contributed by atoms with E-state index in [1.54, 1.807) is 30.5 Å². The van der Waals surface area contributed by atoms with Crippen molar-refractivity contribution in [1.29, 1.82) is 0 Å². The summed E-state index contributed by atoms with van der Waals surface area (Å²) in [7, 11) is 0. The van der Waals surface area contributed by atoms with E-state index in [0.29, 0.717) is 11.3 Å². The lowest BCUT2D eigenvalue weighted by molar-refractivity contribution is 0.0816. The first-order valence-corrected chi connectivity index (χ1v) is 5.03. The van der Waals surface area contributed by atoms with Gasteiger partial charge in [0.15, 0.2) is 0 Å². The van der Waals surface area contributed by atoms with Gasteiger partial charge in [-0.15, -0.1) is 0 Å². The van der Waals surface area contributed by atoms with Crippen LogP contribution in [-0.4, -0.2) is 16.6 Å². The zero-order valence-electron chi connectivity index (χ0n) is 8.96. The smallest absolute Gasteiger partial charge is 0.235 e. The summed E-state index contributed by atoms with van der Waals surface area (Å²) >= 11 is 0. The van der Waals surface area contributed by atoms with Gasteiger partial charge < -0.3 is 5.73 Å². The molecular weight excluding hydrogens is 216 g/mol. The van der Waals surface area contributed by atoms with Gasteiger partial charge in [0.25, 0.3) is 0 Å². The molecule has 0 bridgehead atoms. The summed E-state index contributed by atoms with van der Waals surface area (Å²) in [4.78, 5) is 27.5. The number of ketones is 2. The van der Waals surface area contributed by atoms with Gasteiger partial charge in [-0.05, 0) is 36.4 Å². The van der Waals surface area contributed by atoms with Gasteiger partial charge in [0.1, 0.15) is 0 Å². The van der Waals surface area contributed by atoms with Crippen molar-refractivity contribution in [3.63, 3.8) is 0 Å². The van der Waals surface area contributed by atoms with Crippen molar-refractivity contribution in [3.8, 4) is 0 Å². The standard InChI is InChI=1S/C13H10N2O2/c14-11-5-3-9(4-6-11)12(16)13(17)10-2-1-7-15-8-10/h1-8H,14H2. The molecule has 0 aliphatic heterocycles. The molecule has 0 aliphatic carbocycles. The molecule has 0 radical (unpaired) electrons. The van der Waals surface area contributed by atoms with E-state index in [-0.39, 0.29) is 5.56 Å². The number of aromatic nitrogens is 1. The van der Waals surface area contributed by atoms with Gasteiger partial charge in [0, 0.05) is 29.2 Å². The Bertz CT molecular complexity index is 547. The highest BCUT2D eigenvalue weighted by molar-refractivity contribution is 6.49. The average Bonchev–Trinajstić information content (AvgIpc) is 2.39. The number of carbonyl (C=O) groups excluding carboxylic acids is 2. The number of hydrogen-bond donors (Lipinski definition) is 1. The number of pyridine rings is 1. The average molecular weight is 226 g/mol. The highest BCUT2D eigenvalue weighted by Gasteiger charge is 2.17. The minimum atomic E-state index is -0.567. The normalized spacial score (nSPS) is 9.88. The SMILES string of the molecule is Nc1ccc(C(=O)C(=O)c2cccnc2)cc1. The predicted octanol–water partition coefficient (Wildman–Crippen LogP) is 1.73. The topological polar surface area (TPSA) is 73.1 Å². The molecule has 0 saturated carbocycles. The molecule has 0 saturated heterocycles. The molecule has 1 heterocycles. The van der Waals surface area contributed by atoms with E-state index in [0.717, 1.165) is 0 Å². The molecule has 0 aliphatic rings. The Hall–Kier alpha value is -2.49. The van der Waals surface area contributed by atoms with Crippen LogP contribution in [0.1, 0.15) is 20.7 Å². The number of rotatable bonds is 3. The Morgan fingerprint density at radius 2 is 1.59 bits per heavy atom. The summed E-state index contributed by atoms with van der Waals surface area (Å²) in [6.45, 7) is 0. The molecule has 4 heteroatoms. The van der Waals surface area contributed by atoms with Crippen molar-refractivity contribution in [3.05, 3.63) is 59.9 Å². The minimum Gasteiger partial charge on any atom is -0.399 e.